The fourth-order valence-corrected chi connectivity index (χ4v) is 2.82. The minimum Gasteiger partial charge on any atom is -0.489 e. The number of esters is 1. The number of benzene rings is 2. The highest BCUT2D eigenvalue weighted by Crippen LogP contribution is 2.39. The molecule has 2 aromatic carbocycles. The molecule has 0 radical (unpaired) electrons. The summed E-state index contributed by atoms with van der Waals surface area (Å²) in [5, 5.41) is 3.38. The maximum Gasteiger partial charge on any atom is 0.412 e. The average Bonchev–Trinajstić information content (AvgIpc) is 2.98. The van der Waals surface area contributed by atoms with Crippen molar-refractivity contribution in [1.29, 1.82) is 0 Å². The van der Waals surface area contributed by atoms with Crippen molar-refractivity contribution in [1.82, 2.24) is 0 Å². The lowest BCUT2D eigenvalue weighted by molar-refractivity contribution is 0.0640. The van der Waals surface area contributed by atoms with Crippen LogP contribution in [0.5, 0.6) is 5.75 Å². The number of amides is 1. The topological polar surface area (TPSA) is 104 Å². The van der Waals surface area contributed by atoms with Crippen molar-refractivity contribution in [3.63, 3.8) is 0 Å². The Hall–Kier alpha value is -3.55. The first-order valence-electron chi connectivity index (χ1n) is 8.52. The van der Waals surface area contributed by atoms with E-state index in [1.807, 2.05) is 13.8 Å². The van der Waals surface area contributed by atoms with Crippen LogP contribution >= 0.6 is 0 Å². The molecule has 7 nitrogen and oxygen atoms in total. The molecule has 146 valence electrons. The van der Waals surface area contributed by atoms with Crippen molar-refractivity contribution in [2.24, 2.45) is 5.73 Å². The van der Waals surface area contributed by atoms with Crippen molar-refractivity contribution in [2.75, 3.05) is 12.4 Å². The highest BCUT2D eigenvalue weighted by molar-refractivity contribution is 6.12. The Labute approximate surface area is 160 Å². The summed E-state index contributed by atoms with van der Waals surface area (Å²) in [7, 11) is 1.72. The average molecular weight is 386 g/mol. The van der Waals surface area contributed by atoms with Gasteiger partial charge < -0.3 is 24.9 Å². The van der Waals surface area contributed by atoms with Gasteiger partial charge in [0.2, 0.25) is 0 Å². The molecule has 0 fully saturated rings. The van der Waals surface area contributed by atoms with Gasteiger partial charge in [-0.15, -0.1) is 0 Å². The second kappa shape index (κ2) is 7.59. The summed E-state index contributed by atoms with van der Waals surface area (Å²) in [6, 6.07) is 8.67. The monoisotopic (exact) mass is 386 g/mol. The van der Waals surface area contributed by atoms with Crippen LogP contribution in [0.2, 0.25) is 0 Å². The van der Waals surface area contributed by atoms with Gasteiger partial charge in [-0.2, -0.15) is 0 Å². The maximum atomic E-state index is 13.3. The summed E-state index contributed by atoms with van der Waals surface area (Å²) >= 11 is 0. The van der Waals surface area contributed by atoms with Crippen LogP contribution in [0.15, 0.2) is 40.8 Å². The van der Waals surface area contributed by atoms with Crippen molar-refractivity contribution in [3.05, 3.63) is 47.8 Å². The maximum absolute atomic E-state index is 13.3. The highest BCUT2D eigenvalue weighted by Gasteiger charge is 2.26. The van der Waals surface area contributed by atoms with E-state index in [4.69, 9.17) is 14.9 Å². The SMILES string of the molecule is CNc1cc2oc(-c3ccc(F)cc3)c(C(=O)OC(N)=O)c2cc1OC(C)C. The molecule has 1 aromatic heterocycles. The lowest BCUT2D eigenvalue weighted by Crippen LogP contribution is -2.18. The van der Waals surface area contributed by atoms with Crippen molar-refractivity contribution in [3.8, 4) is 17.1 Å². The first kappa shape index (κ1) is 19.2. The van der Waals surface area contributed by atoms with Crippen LogP contribution in [0.1, 0.15) is 24.2 Å². The van der Waals surface area contributed by atoms with Gasteiger partial charge in [0, 0.05) is 24.1 Å². The van der Waals surface area contributed by atoms with Crippen LogP contribution < -0.4 is 15.8 Å². The number of nitrogens with one attached hydrogen (secondary N) is 1. The predicted molar refractivity (Wildman–Crippen MR) is 102 cm³/mol. The molecule has 0 saturated heterocycles. The standard InChI is InChI=1S/C20H19FN2O5/c1-10(2)26-16-8-13-15(9-14(16)23-3)27-18(11-4-6-12(21)7-5-11)17(13)19(24)28-20(22)25/h4-10,23H,1-3H3,(H2,22,25). The molecule has 0 atom stereocenters. The smallest absolute Gasteiger partial charge is 0.412 e. The Morgan fingerprint density at radius 1 is 1.18 bits per heavy atom. The van der Waals surface area contributed by atoms with Crippen LogP contribution in [0.3, 0.4) is 0 Å². The Morgan fingerprint density at radius 3 is 2.43 bits per heavy atom. The van der Waals surface area contributed by atoms with E-state index in [1.165, 1.54) is 24.3 Å². The number of rotatable bonds is 5. The Balaban J connectivity index is 2.27. The van der Waals surface area contributed by atoms with Crippen LogP contribution in [-0.4, -0.2) is 25.2 Å². The zero-order valence-corrected chi connectivity index (χ0v) is 15.5. The zero-order chi connectivity index (χ0) is 20.4. The second-order valence-electron chi connectivity index (χ2n) is 6.28. The molecule has 0 bridgehead atoms. The number of carbonyl (C=O) groups excluding carboxylic acids is 2. The predicted octanol–water partition coefficient (Wildman–Crippen LogP) is 4.30. The number of nitrogens with two attached hydrogens (primary N) is 1. The molecule has 3 N–H and O–H groups in total. The molecule has 8 heteroatoms. The summed E-state index contributed by atoms with van der Waals surface area (Å²) in [5.41, 5.74) is 6.44. The summed E-state index contributed by atoms with van der Waals surface area (Å²) in [4.78, 5) is 23.7. The van der Waals surface area contributed by atoms with Gasteiger partial charge in [0.25, 0.3) is 0 Å². The minimum atomic E-state index is -1.24. The molecule has 28 heavy (non-hydrogen) atoms. The number of halogens is 1. The van der Waals surface area contributed by atoms with Crippen LogP contribution in [0.4, 0.5) is 14.9 Å². The van der Waals surface area contributed by atoms with Gasteiger partial charge in [0.15, 0.2) is 0 Å². The van der Waals surface area contributed by atoms with E-state index in [0.29, 0.717) is 28.0 Å². The molecule has 1 heterocycles. The van der Waals surface area contributed by atoms with Crippen LogP contribution in [0.25, 0.3) is 22.3 Å². The summed E-state index contributed by atoms with van der Waals surface area (Å²) < 4.78 is 29.5. The van der Waals surface area contributed by atoms with E-state index in [1.54, 1.807) is 19.2 Å². The van der Waals surface area contributed by atoms with Gasteiger partial charge in [0.05, 0.1) is 11.8 Å². The van der Waals surface area contributed by atoms with E-state index in [9.17, 15) is 14.0 Å². The lowest BCUT2D eigenvalue weighted by Gasteiger charge is -2.14. The zero-order valence-electron chi connectivity index (χ0n) is 15.5. The summed E-state index contributed by atoms with van der Waals surface area (Å²) in [6.45, 7) is 3.73. The van der Waals surface area contributed by atoms with E-state index in [0.717, 1.165) is 0 Å². The van der Waals surface area contributed by atoms with Crippen molar-refractivity contribution in [2.45, 2.75) is 20.0 Å². The second-order valence-corrected chi connectivity index (χ2v) is 6.28. The van der Waals surface area contributed by atoms with Gasteiger partial charge >= 0.3 is 12.1 Å². The van der Waals surface area contributed by atoms with Gasteiger partial charge in [-0.05, 0) is 44.2 Å². The number of hydrogen-bond acceptors (Lipinski definition) is 6. The Bertz CT molecular complexity index is 1040. The van der Waals surface area contributed by atoms with Gasteiger partial charge in [-0.1, -0.05) is 0 Å². The molecule has 0 aliphatic rings. The van der Waals surface area contributed by atoms with Crippen molar-refractivity contribution >= 4 is 28.7 Å². The Kier molecular flexibility index (Phi) is 5.21. The van der Waals surface area contributed by atoms with E-state index < -0.39 is 17.9 Å². The minimum absolute atomic E-state index is 0.00309. The first-order valence-corrected chi connectivity index (χ1v) is 8.52. The molecular formula is C20H19FN2O5. The number of hydrogen-bond donors (Lipinski definition) is 2. The molecular weight excluding hydrogens is 367 g/mol. The fourth-order valence-electron chi connectivity index (χ4n) is 2.82. The quantitative estimate of drug-likeness (QED) is 0.500. The van der Waals surface area contributed by atoms with Crippen LogP contribution in [0, 0.1) is 5.82 Å². The summed E-state index contributed by atoms with van der Waals surface area (Å²) in [6.07, 6.45) is -1.36. The van der Waals surface area contributed by atoms with Crippen molar-refractivity contribution < 1.29 is 27.9 Å². The third-order valence-corrected chi connectivity index (χ3v) is 3.93. The summed E-state index contributed by atoms with van der Waals surface area (Å²) in [5.74, 6) is -0.793. The molecule has 3 rings (SSSR count). The first-order chi connectivity index (χ1) is 13.3. The number of fused-ring (bicyclic) bond motifs is 1. The van der Waals surface area contributed by atoms with Gasteiger partial charge in [-0.25, -0.2) is 14.0 Å². The molecule has 0 saturated carbocycles. The van der Waals surface area contributed by atoms with Crippen LogP contribution in [-0.2, 0) is 4.74 Å². The number of anilines is 1. The van der Waals surface area contributed by atoms with E-state index in [-0.39, 0.29) is 17.4 Å². The van der Waals surface area contributed by atoms with Gasteiger partial charge in [-0.3, -0.25) is 0 Å². The van der Waals surface area contributed by atoms with Gasteiger partial charge in [0.1, 0.15) is 28.5 Å². The number of furan rings is 1. The molecule has 0 spiro atoms. The molecule has 1 amide bonds. The normalized spacial score (nSPS) is 10.9. The molecule has 0 aliphatic heterocycles. The highest BCUT2D eigenvalue weighted by atomic mass is 19.1. The lowest BCUT2D eigenvalue weighted by atomic mass is 10.0. The number of carbonyl (C=O) groups is 2. The number of ether oxygens (including phenoxy) is 2. The third kappa shape index (κ3) is 3.75. The third-order valence-electron chi connectivity index (χ3n) is 3.93. The molecule has 0 aliphatic carbocycles. The number of primary amides is 1. The van der Waals surface area contributed by atoms with E-state index >= 15 is 0 Å². The Morgan fingerprint density at radius 2 is 1.86 bits per heavy atom. The fraction of sp³-hybridized carbons (Fsp3) is 0.200. The largest absolute Gasteiger partial charge is 0.489 e. The van der Waals surface area contributed by atoms with E-state index in [2.05, 4.69) is 10.1 Å². The molecule has 0 unspecified atom stereocenters. The molecule has 3 aromatic rings.